The Balaban J connectivity index is 1.21. The van der Waals surface area contributed by atoms with Crippen LogP contribution in [0.1, 0.15) is 40.7 Å². The zero-order valence-electron chi connectivity index (χ0n) is 32.8. The van der Waals surface area contributed by atoms with Crippen LogP contribution in [0.4, 0.5) is 5.69 Å². The van der Waals surface area contributed by atoms with E-state index in [0.717, 1.165) is 62.4 Å². The molecule has 7 aromatic carbocycles. The molecule has 0 atom stereocenters. The second-order valence-corrected chi connectivity index (χ2v) is 15.2. The van der Waals surface area contributed by atoms with E-state index in [1.165, 1.54) is 39.1 Å². The molecule has 0 aliphatic heterocycles. The Kier molecular flexibility index (Phi) is 9.44. The molecule has 2 heteroatoms. The Morgan fingerprint density at radius 1 is 0.576 bits per heavy atom. The Bertz CT molecular complexity index is 3030. The fraction of sp³-hybridized carbons (Fsp3) is 0.0526. The van der Waals surface area contributed by atoms with Gasteiger partial charge in [-0.3, -0.25) is 0 Å². The molecule has 2 aliphatic rings. The zero-order valence-corrected chi connectivity index (χ0v) is 32.8. The maximum atomic E-state index is 6.22. The molecule has 0 unspecified atom stereocenters. The van der Waals surface area contributed by atoms with Crippen LogP contribution in [-0.2, 0) is 5.41 Å². The van der Waals surface area contributed by atoms with Crippen molar-refractivity contribution in [3.63, 3.8) is 0 Å². The van der Waals surface area contributed by atoms with Gasteiger partial charge in [-0.1, -0.05) is 189 Å². The summed E-state index contributed by atoms with van der Waals surface area (Å²) in [6.45, 7) is 4.14. The Labute approximate surface area is 346 Å². The quantitative estimate of drug-likeness (QED) is 0.144. The van der Waals surface area contributed by atoms with Crippen LogP contribution < -0.4 is 4.90 Å². The first-order chi connectivity index (χ1) is 29.2. The average Bonchev–Trinajstić information content (AvgIpc) is 3.82. The summed E-state index contributed by atoms with van der Waals surface area (Å²) in [6.07, 6.45) is 12.8. The van der Waals surface area contributed by atoms with Crippen LogP contribution in [-0.4, -0.2) is 0 Å². The Morgan fingerprint density at radius 3 is 1.97 bits per heavy atom. The van der Waals surface area contributed by atoms with E-state index in [0.29, 0.717) is 0 Å². The first-order valence-electron chi connectivity index (χ1n) is 20.4. The van der Waals surface area contributed by atoms with E-state index < -0.39 is 5.41 Å². The van der Waals surface area contributed by atoms with Crippen molar-refractivity contribution < 1.29 is 4.42 Å². The van der Waals surface area contributed by atoms with E-state index in [4.69, 9.17) is 4.42 Å². The normalized spacial score (nSPS) is 14.6. The highest BCUT2D eigenvalue weighted by atomic mass is 16.3. The number of benzene rings is 6. The SMILES string of the molecule is C=C/C=C(\C=C\N(C1=CC2=C(CC1)c1ccccc1C2(c1ccccc1)c1ccccc1)c1cccccccc2ccccc12)c1ccc2oc3ccccc3c2c1. The lowest BCUT2D eigenvalue weighted by molar-refractivity contribution is 0.669. The van der Waals surface area contributed by atoms with Crippen LogP contribution in [0.3, 0.4) is 0 Å². The molecule has 10 rings (SSSR count). The molecule has 0 bridgehead atoms. The van der Waals surface area contributed by atoms with Crippen molar-refractivity contribution in [2.45, 2.75) is 18.3 Å². The summed E-state index contributed by atoms with van der Waals surface area (Å²) in [6, 6.07) is 69.6. The maximum Gasteiger partial charge on any atom is 0.135 e. The predicted octanol–water partition coefficient (Wildman–Crippen LogP) is 14.9. The van der Waals surface area contributed by atoms with Gasteiger partial charge in [0, 0.05) is 28.1 Å². The van der Waals surface area contributed by atoms with E-state index in [1.54, 1.807) is 0 Å². The summed E-state index contributed by atoms with van der Waals surface area (Å²) in [7, 11) is 0. The summed E-state index contributed by atoms with van der Waals surface area (Å²) in [5.41, 5.74) is 13.7. The van der Waals surface area contributed by atoms with Gasteiger partial charge < -0.3 is 9.32 Å². The summed E-state index contributed by atoms with van der Waals surface area (Å²) in [4.78, 5) is 2.43. The predicted molar refractivity (Wildman–Crippen MR) is 249 cm³/mol. The van der Waals surface area contributed by atoms with Crippen molar-refractivity contribution in [3.05, 3.63) is 270 Å². The molecule has 0 saturated carbocycles. The van der Waals surface area contributed by atoms with Crippen molar-refractivity contribution in [2.24, 2.45) is 0 Å². The molecule has 59 heavy (non-hydrogen) atoms. The van der Waals surface area contributed by atoms with Crippen LogP contribution in [0.25, 0.3) is 43.9 Å². The van der Waals surface area contributed by atoms with Crippen molar-refractivity contribution in [3.8, 4) is 0 Å². The average molecular weight is 758 g/mol. The minimum absolute atomic E-state index is 0.484. The topological polar surface area (TPSA) is 16.4 Å². The highest BCUT2D eigenvalue weighted by Gasteiger charge is 2.47. The van der Waals surface area contributed by atoms with Crippen molar-refractivity contribution >= 4 is 49.5 Å². The number of anilines is 1. The van der Waals surface area contributed by atoms with Gasteiger partial charge in [0.05, 0.1) is 11.1 Å². The molecular weight excluding hydrogens is 715 g/mol. The zero-order chi connectivity index (χ0) is 39.6. The third kappa shape index (κ3) is 6.31. The van der Waals surface area contributed by atoms with Gasteiger partial charge in [-0.15, -0.1) is 0 Å². The smallest absolute Gasteiger partial charge is 0.135 e. The molecule has 0 radical (unpaired) electrons. The van der Waals surface area contributed by atoms with E-state index in [9.17, 15) is 0 Å². The highest BCUT2D eigenvalue weighted by molar-refractivity contribution is 6.06. The summed E-state index contributed by atoms with van der Waals surface area (Å²) in [5.74, 6) is 0. The fourth-order valence-corrected chi connectivity index (χ4v) is 9.34. The lowest BCUT2D eigenvalue weighted by atomic mass is 9.66. The fourth-order valence-electron chi connectivity index (χ4n) is 9.34. The Morgan fingerprint density at radius 2 is 1.19 bits per heavy atom. The van der Waals surface area contributed by atoms with Gasteiger partial charge in [0.1, 0.15) is 11.2 Å². The maximum absolute atomic E-state index is 6.22. The first-order valence-corrected chi connectivity index (χ1v) is 20.4. The number of rotatable bonds is 8. The first kappa shape index (κ1) is 36.0. The molecule has 8 aromatic rings. The minimum atomic E-state index is -0.484. The molecule has 2 aliphatic carbocycles. The number of hydrogen-bond acceptors (Lipinski definition) is 2. The van der Waals surface area contributed by atoms with Gasteiger partial charge in [0.25, 0.3) is 0 Å². The van der Waals surface area contributed by atoms with Gasteiger partial charge >= 0.3 is 0 Å². The summed E-state index contributed by atoms with van der Waals surface area (Å²) < 4.78 is 6.22. The number of furan rings is 1. The molecule has 2 nitrogen and oxygen atoms in total. The minimum Gasteiger partial charge on any atom is -0.456 e. The van der Waals surface area contributed by atoms with E-state index in [1.807, 2.05) is 18.2 Å². The number of fused-ring (bicyclic) bond motifs is 6. The van der Waals surface area contributed by atoms with Crippen LogP contribution in [0.15, 0.2) is 247 Å². The Hall–Kier alpha value is -7.42. The second kappa shape index (κ2) is 15.5. The molecule has 0 saturated heterocycles. The standard InChI is InChI=1S/C57H43NO/c1-2-20-41(43-33-36-56-51(39-43)50-29-17-19-32-55(50)59-56)37-38-58(54-31-13-5-3-4-8-21-42-22-14-15-27-47(42)54)46-34-35-49-48-28-16-18-30-52(48)57(53(49)40-46,44-23-9-6-10-24-44)45-25-11-7-12-26-45/h2-33,36-40H,1,34-35H2/b4-3?,5-3?,8-4?,13-5?,21-8?,31-13?,38-37+,41-20+,42-21?,54-31?,54-47?. The number of allylic oxidation sites excluding steroid dienone is 8. The molecule has 0 amide bonds. The van der Waals surface area contributed by atoms with E-state index in [-0.39, 0.29) is 0 Å². The lowest BCUT2D eigenvalue weighted by Gasteiger charge is -2.37. The molecule has 1 aromatic heterocycles. The van der Waals surface area contributed by atoms with Crippen molar-refractivity contribution in [2.75, 3.05) is 4.90 Å². The van der Waals surface area contributed by atoms with Crippen LogP contribution in [0.5, 0.6) is 0 Å². The molecule has 0 spiro atoms. The van der Waals surface area contributed by atoms with Gasteiger partial charge in [0.2, 0.25) is 0 Å². The summed E-state index contributed by atoms with van der Waals surface area (Å²) in [5, 5.41) is 4.52. The van der Waals surface area contributed by atoms with Crippen LogP contribution in [0.2, 0.25) is 0 Å². The molecule has 282 valence electrons. The third-order valence-corrected chi connectivity index (χ3v) is 11.9. The third-order valence-electron chi connectivity index (χ3n) is 11.9. The molecular formula is C57H43NO. The van der Waals surface area contributed by atoms with Crippen molar-refractivity contribution in [1.82, 2.24) is 0 Å². The molecule has 0 fully saturated rings. The van der Waals surface area contributed by atoms with Crippen LogP contribution in [0, 0.1) is 0 Å². The summed E-state index contributed by atoms with van der Waals surface area (Å²) >= 11 is 0. The highest BCUT2D eigenvalue weighted by Crippen LogP contribution is 2.58. The van der Waals surface area contributed by atoms with Gasteiger partial charge in [-0.2, -0.15) is 0 Å². The monoisotopic (exact) mass is 757 g/mol. The van der Waals surface area contributed by atoms with Gasteiger partial charge in [-0.25, -0.2) is 0 Å². The van der Waals surface area contributed by atoms with E-state index in [2.05, 4.69) is 218 Å². The van der Waals surface area contributed by atoms with Gasteiger partial charge in [0.15, 0.2) is 0 Å². The second-order valence-electron chi connectivity index (χ2n) is 15.2. The number of para-hydroxylation sites is 1. The lowest BCUT2D eigenvalue weighted by Crippen LogP contribution is -2.30. The number of hydrogen-bond donors (Lipinski definition) is 0. The van der Waals surface area contributed by atoms with Crippen LogP contribution >= 0.6 is 0 Å². The number of nitrogens with zero attached hydrogens (tertiary/aromatic N) is 1. The molecule has 1 heterocycles. The molecule has 0 N–H and O–H groups in total. The van der Waals surface area contributed by atoms with Gasteiger partial charge in [-0.05, 0) is 99.2 Å². The van der Waals surface area contributed by atoms with E-state index >= 15 is 0 Å². The largest absolute Gasteiger partial charge is 0.456 e. The van der Waals surface area contributed by atoms with Crippen molar-refractivity contribution in [1.29, 1.82) is 0 Å².